The summed E-state index contributed by atoms with van der Waals surface area (Å²) in [6.07, 6.45) is -4.38. The second kappa shape index (κ2) is 6.95. The van der Waals surface area contributed by atoms with Crippen molar-refractivity contribution in [3.63, 3.8) is 0 Å². The number of hydrogen-bond acceptors (Lipinski definition) is 4. The van der Waals surface area contributed by atoms with Crippen LogP contribution in [-0.2, 0) is 0 Å². The molecule has 0 aliphatic rings. The quantitative estimate of drug-likeness (QED) is 0.502. The van der Waals surface area contributed by atoms with Gasteiger partial charge in [-0.3, -0.25) is 4.79 Å². The standard InChI is InChI=1S/C14H10F4N2O3/c15-13(16)14(17,18)23-11-3-1-10(2-4-11)12(21)20-19-7-9-5-6-22-8-9/h1-8,13H,(H,20,21)/b19-7-. The predicted octanol–water partition coefficient (Wildman–Crippen LogP) is 3.28. The SMILES string of the molecule is O=C(N/N=C\c1ccoc1)c1ccc(OC(F)(F)C(F)F)cc1. The first kappa shape index (κ1) is 16.5. The van der Waals surface area contributed by atoms with Gasteiger partial charge in [-0.25, -0.2) is 5.43 Å². The van der Waals surface area contributed by atoms with Gasteiger partial charge in [-0.15, -0.1) is 0 Å². The second-order valence-corrected chi connectivity index (χ2v) is 4.24. The minimum atomic E-state index is -4.60. The van der Waals surface area contributed by atoms with E-state index in [0.29, 0.717) is 5.56 Å². The smallest absolute Gasteiger partial charge is 0.461 e. The molecular formula is C14H10F4N2O3. The molecule has 0 radical (unpaired) electrons. The Balaban J connectivity index is 1.95. The predicted molar refractivity (Wildman–Crippen MR) is 71.8 cm³/mol. The normalized spacial score (nSPS) is 11.9. The molecule has 9 heteroatoms. The summed E-state index contributed by atoms with van der Waals surface area (Å²) in [5.74, 6) is -1.11. The molecule has 0 unspecified atom stereocenters. The number of nitrogens with one attached hydrogen (secondary N) is 1. The minimum absolute atomic E-state index is 0.0852. The van der Waals surface area contributed by atoms with Crippen LogP contribution in [0.15, 0.2) is 52.4 Å². The van der Waals surface area contributed by atoms with E-state index in [1.165, 1.54) is 18.7 Å². The topological polar surface area (TPSA) is 63.8 Å². The van der Waals surface area contributed by atoms with Crippen molar-refractivity contribution in [3.8, 4) is 5.75 Å². The van der Waals surface area contributed by atoms with Gasteiger partial charge < -0.3 is 9.15 Å². The number of benzene rings is 1. The molecule has 1 heterocycles. The maximum atomic E-state index is 12.7. The van der Waals surface area contributed by atoms with Gasteiger partial charge in [-0.05, 0) is 30.3 Å². The zero-order valence-corrected chi connectivity index (χ0v) is 11.4. The van der Waals surface area contributed by atoms with Crippen LogP contribution in [-0.4, -0.2) is 24.7 Å². The first-order valence-corrected chi connectivity index (χ1v) is 6.19. The molecule has 23 heavy (non-hydrogen) atoms. The molecule has 1 amide bonds. The van der Waals surface area contributed by atoms with Crippen LogP contribution in [0.2, 0.25) is 0 Å². The molecule has 5 nitrogen and oxygen atoms in total. The Bertz CT molecular complexity index is 670. The Labute approximate surface area is 127 Å². The third kappa shape index (κ3) is 4.56. The van der Waals surface area contributed by atoms with Crippen LogP contribution in [0.1, 0.15) is 15.9 Å². The molecule has 0 spiro atoms. The molecule has 1 aromatic heterocycles. The highest BCUT2D eigenvalue weighted by molar-refractivity contribution is 5.94. The van der Waals surface area contributed by atoms with Gasteiger partial charge in [0.1, 0.15) is 5.75 Å². The lowest BCUT2D eigenvalue weighted by Gasteiger charge is -2.16. The van der Waals surface area contributed by atoms with Gasteiger partial charge in [-0.1, -0.05) is 0 Å². The first-order chi connectivity index (χ1) is 10.9. The van der Waals surface area contributed by atoms with Crippen molar-refractivity contribution in [3.05, 3.63) is 54.0 Å². The van der Waals surface area contributed by atoms with Crippen molar-refractivity contribution in [2.45, 2.75) is 12.5 Å². The van der Waals surface area contributed by atoms with Crippen molar-refractivity contribution < 1.29 is 31.5 Å². The van der Waals surface area contributed by atoms with E-state index >= 15 is 0 Å². The third-order valence-corrected chi connectivity index (χ3v) is 2.55. The van der Waals surface area contributed by atoms with Gasteiger partial charge in [0.15, 0.2) is 0 Å². The van der Waals surface area contributed by atoms with Crippen LogP contribution in [0, 0.1) is 0 Å². The molecule has 2 rings (SSSR count). The molecule has 0 fully saturated rings. The average molecular weight is 330 g/mol. The van der Waals surface area contributed by atoms with Crippen molar-refractivity contribution in [1.29, 1.82) is 0 Å². The molecule has 122 valence electrons. The van der Waals surface area contributed by atoms with E-state index in [4.69, 9.17) is 4.42 Å². The van der Waals surface area contributed by atoms with Gasteiger partial charge in [-0.2, -0.15) is 22.7 Å². The average Bonchev–Trinajstić information content (AvgIpc) is 3.00. The molecule has 0 saturated carbocycles. The van der Waals surface area contributed by atoms with E-state index in [0.717, 1.165) is 24.3 Å². The molecule has 1 aromatic carbocycles. The highest BCUT2D eigenvalue weighted by Gasteiger charge is 2.43. The fourth-order valence-corrected chi connectivity index (χ4v) is 1.45. The van der Waals surface area contributed by atoms with Crippen molar-refractivity contribution >= 4 is 12.1 Å². The van der Waals surface area contributed by atoms with E-state index in [2.05, 4.69) is 15.3 Å². The van der Waals surface area contributed by atoms with Gasteiger partial charge >= 0.3 is 12.5 Å². The Kier molecular flexibility index (Phi) is 4.99. The molecule has 0 atom stereocenters. The van der Waals surface area contributed by atoms with E-state index in [-0.39, 0.29) is 5.56 Å². The Morgan fingerprint density at radius 1 is 1.26 bits per heavy atom. The third-order valence-electron chi connectivity index (χ3n) is 2.55. The van der Waals surface area contributed by atoms with E-state index < -0.39 is 24.2 Å². The van der Waals surface area contributed by atoms with Crippen molar-refractivity contribution in [2.24, 2.45) is 5.10 Å². The van der Waals surface area contributed by atoms with Crippen molar-refractivity contribution in [2.75, 3.05) is 0 Å². The van der Waals surface area contributed by atoms with Crippen LogP contribution in [0.4, 0.5) is 17.6 Å². The monoisotopic (exact) mass is 330 g/mol. The lowest BCUT2D eigenvalue weighted by molar-refractivity contribution is -0.253. The summed E-state index contributed by atoms with van der Waals surface area (Å²) < 4.78 is 58.1. The summed E-state index contributed by atoms with van der Waals surface area (Å²) >= 11 is 0. The number of halogens is 4. The zero-order chi connectivity index (χ0) is 16.9. The number of carbonyl (C=O) groups is 1. The summed E-state index contributed by atoms with van der Waals surface area (Å²) in [5.41, 5.74) is 2.92. The van der Waals surface area contributed by atoms with Crippen LogP contribution < -0.4 is 10.2 Å². The van der Waals surface area contributed by atoms with Gasteiger partial charge in [0.25, 0.3) is 5.91 Å². The number of hydrazone groups is 1. The van der Waals surface area contributed by atoms with E-state index in [1.54, 1.807) is 6.07 Å². The summed E-state index contributed by atoms with van der Waals surface area (Å²) in [6, 6.07) is 5.85. The van der Waals surface area contributed by atoms with E-state index in [1.807, 2.05) is 0 Å². The fourth-order valence-electron chi connectivity index (χ4n) is 1.45. The highest BCUT2D eigenvalue weighted by atomic mass is 19.3. The summed E-state index contributed by atoms with van der Waals surface area (Å²) in [4.78, 5) is 11.7. The Morgan fingerprint density at radius 2 is 1.96 bits per heavy atom. The summed E-state index contributed by atoms with van der Waals surface area (Å²) in [6.45, 7) is 0. The number of hydrogen-bond donors (Lipinski definition) is 1. The number of amides is 1. The van der Waals surface area contributed by atoms with Crippen LogP contribution in [0.25, 0.3) is 0 Å². The number of ether oxygens (including phenoxy) is 1. The zero-order valence-electron chi connectivity index (χ0n) is 11.4. The maximum absolute atomic E-state index is 12.7. The number of carbonyl (C=O) groups excluding carboxylic acids is 1. The molecule has 2 aromatic rings. The number of alkyl halides is 4. The molecule has 1 N–H and O–H groups in total. The Morgan fingerprint density at radius 3 is 2.52 bits per heavy atom. The molecule has 0 saturated heterocycles. The Hall–Kier alpha value is -2.84. The summed E-state index contributed by atoms with van der Waals surface area (Å²) in [5, 5.41) is 3.66. The van der Waals surface area contributed by atoms with Crippen LogP contribution >= 0.6 is 0 Å². The highest BCUT2D eigenvalue weighted by Crippen LogP contribution is 2.27. The fraction of sp³-hybridized carbons (Fsp3) is 0.143. The van der Waals surface area contributed by atoms with Gasteiger partial charge in [0.2, 0.25) is 0 Å². The lowest BCUT2D eigenvalue weighted by atomic mass is 10.2. The number of furan rings is 1. The molecule has 0 aliphatic heterocycles. The maximum Gasteiger partial charge on any atom is 0.461 e. The molecular weight excluding hydrogens is 320 g/mol. The van der Waals surface area contributed by atoms with Crippen LogP contribution in [0.5, 0.6) is 5.75 Å². The first-order valence-electron chi connectivity index (χ1n) is 6.19. The van der Waals surface area contributed by atoms with Gasteiger partial charge in [0, 0.05) is 11.1 Å². The molecule has 0 aliphatic carbocycles. The lowest BCUT2D eigenvalue weighted by Crippen LogP contribution is -2.33. The minimum Gasteiger partial charge on any atom is -0.472 e. The summed E-state index contributed by atoms with van der Waals surface area (Å²) in [7, 11) is 0. The molecule has 0 bridgehead atoms. The number of nitrogens with zero attached hydrogens (tertiary/aromatic N) is 1. The second-order valence-electron chi connectivity index (χ2n) is 4.24. The number of rotatable bonds is 6. The largest absolute Gasteiger partial charge is 0.472 e. The van der Waals surface area contributed by atoms with E-state index in [9.17, 15) is 22.4 Å². The van der Waals surface area contributed by atoms with Crippen LogP contribution in [0.3, 0.4) is 0 Å². The van der Waals surface area contributed by atoms with Gasteiger partial charge in [0.05, 0.1) is 18.7 Å². The van der Waals surface area contributed by atoms with Crippen molar-refractivity contribution in [1.82, 2.24) is 5.43 Å².